The Morgan fingerprint density at radius 1 is 1.56 bits per heavy atom. The second-order valence-corrected chi connectivity index (χ2v) is 5.13. The van der Waals surface area contributed by atoms with Crippen LogP contribution in [0.15, 0.2) is 22.0 Å². The molecule has 0 spiro atoms. The van der Waals surface area contributed by atoms with E-state index >= 15 is 0 Å². The first-order chi connectivity index (χ1) is 8.63. The monoisotopic (exact) mass is 264 g/mol. The molecule has 0 bridgehead atoms. The first kappa shape index (κ1) is 12.8. The highest BCUT2D eigenvalue weighted by Gasteiger charge is 2.21. The van der Waals surface area contributed by atoms with Crippen molar-refractivity contribution in [2.75, 3.05) is 0 Å². The topological polar surface area (TPSA) is 55.1 Å². The number of hydrogen-bond acceptors (Lipinski definition) is 4. The van der Waals surface area contributed by atoms with Crippen LogP contribution in [0, 0.1) is 13.8 Å². The highest BCUT2D eigenvalue weighted by atomic mass is 32.1. The van der Waals surface area contributed by atoms with E-state index in [1.54, 1.807) is 25.2 Å². The lowest BCUT2D eigenvalue weighted by atomic mass is 10.1. The lowest BCUT2D eigenvalue weighted by molar-refractivity contribution is 0.0934. The minimum absolute atomic E-state index is 0.0474. The van der Waals surface area contributed by atoms with Gasteiger partial charge in [-0.2, -0.15) is 0 Å². The predicted molar refractivity (Wildman–Crippen MR) is 70.8 cm³/mol. The van der Waals surface area contributed by atoms with Crippen LogP contribution in [-0.4, -0.2) is 11.1 Å². The van der Waals surface area contributed by atoms with E-state index in [2.05, 4.69) is 17.4 Å². The summed E-state index contributed by atoms with van der Waals surface area (Å²) in [5, 5.41) is 8.84. The molecule has 5 heteroatoms. The number of amides is 1. The van der Waals surface area contributed by atoms with Gasteiger partial charge in [-0.15, -0.1) is 11.3 Å². The fourth-order valence-corrected chi connectivity index (χ4v) is 2.76. The molecule has 0 fully saturated rings. The highest BCUT2D eigenvalue weighted by Crippen LogP contribution is 2.23. The molecule has 2 aromatic heterocycles. The van der Waals surface area contributed by atoms with Crippen molar-refractivity contribution in [3.63, 3.8) is 0 Å². The molecule has 0 aliphatic rings. The largest absolute Gasteiger partial charge is 0.361 e. The number of nitrogens with zero attached hydrogens (tertiary/aromatic N) is 1. The highest BCUT2D eigenvalue weighted by molar-refractivity contribution is 7.10. The van der Waals surface area contributed by atoms with Crippen molar-refractivity contribution in [1.29, 1.82) is 0 Å². The van der Waals surface area contributed by atoms with E-state index in [4.69, 9.17) is 4.52 Å². The molecule has 0 aromatic carbocycles. The number of thiophene rings is 1. The van der Waals surface area contributed by atoms with Crippen molar-refractivity contribution in [3.8, 4) is 0 Å². The molecule has 1 N–H and O–H groups in total. The summed E-state index contributed by atoms with van der Waals surface area (Å²) >= 11 is 1.65. The lowest BCUT2D eigenvalue weighted by Crippen LogP contribution is -2.28. The van der Waals surface area contributed by atoms with Gasteiger partial charge in [0.1, 0.15) is 11.3 Å². The van der Waals surface area contributed by atoms with E-state index in [1.807, 2.05) is 17.5 Å². The number of hydrogen-bond donors (Lipinski definition) is 1. The van der Waals surface area contributed by atoms with Gasteiger partial charge in [-0.25, -0.2) is 0 Å². The van der Waals surface area contributed by atoms with Gasteiger partial charge in [0.15, 0.2) is 0 Å². The molecular formula is C13H16N2O2S. The van der Waals surface area contributed by atoms with Crippen molar-refractivity contribution < 1.29 is 9.32 Å². The van der Waals surface area contributed by atoms with Crippen LogP contribution in [0.5, 0.6) is 0 Å². The minimum atomic E-state index is -0.119. The van der Waals surface area contributed by atoms with Gasteiger partial charge in [0.2, 0.25) is 0 Å². The zero-order valence-corrected chi connectivity index (χ0v) is 11.5. The van der Waals surface area contributed by atoms with Gasteiger partial charge in [-0.1, -0.05) is 18.1 Å². The zero-order valence-electron chi connectivity index (χ0n) is 10.7. The maximum absolute atomic E-state index is 12.2. The van der Waals surface area contributed by atoms with Crippen molar-refractivity contribution in [2.45, 2.75) is 33.2 Å². The number of carbonyl (C=O) groups is 1. The Labute approximate surface area is 110 Å². The Morgan fingerprint density at radius 2 is 2.33 bits per heavy atom. The van der Waals surface area contributed by atoms with Gasteiger partial charge in [0.25, 0.3) is 5.91 Å². The molecule has 1 atom stereocenters. The van der Waals surface area contributed by atoms with Crippen LogP contribution >= 0.6 is 11.3 Å². The first-order valence-electron chi connectivity index (χ1n) is 5.90. The molecule has 2 heterocycles. The summed E-state index contributed by atoms with van der Waals surface area (Å²) < 4.78 is 5.01. The Bertz CT molecular complexity index is 512. The molecule has 4 nitrogen and oxygen atoms in total. The smallest absolute Gasteiger partial charge is 0.257 e. The normalized spacial score (nSPS) is 12.4. The summed E-state index contributed by atoms with van der Waals surface area (Å²) in [6.07, 6.45) is 0.857. The first-order valence-corrected chi connectivity index (χ1v) is 6.78. The molecule has 0 saturated carbocycles. The summed E-state index contributed by atoms with van der Waals surface area (Å²) in [5.74, 6) is 0.442. The van der Waals surface area contributed by atoms with Crippen molar-refractivity contribution in [3.05, 3.63) is 39.4 Å². The molecule has 0 aliphatic carbocycles. The average Bonchev–Trinajstić information content (AvgIpc) is 2.96. The Hall–Kier alpha value is -1.62. The molecule has 0 unspecified atom stereocenters. The number of aryl methyl sites for hydroxylation is 2. The molecule has 2 rings (SSSR count). The molecule has 2 aromatic rings. The summed E-state index contributed by atoms with van der Waals surface area (Å²) in [6.45, 7) is 5.58. The predicted octanol–water partition coefficient (Wildman–Crippen LogP) is 3.23. The van der Waals surface area contributed by atoms with Crippen LogP contribution in [0.3, 0.4) is 0 Å². The van der Waals surface area contributed by atoms with E-state index < -0.39 is 0 Å². The van der Waals surface area contributed by atoms with E-state index in [0.29, 0.717) is 17.0 Å². The van der Waals surface area contributed by atoms with Gasteiger partial charge >= 0.3 is 0 Å². The van der Waals surface area contributed by atoms with Gasteiger partial charge in [0, 0.05) is 4.88 Å². The molecule has 18 heavy (non-hydrogen) atoms. The molecule has 0 aliphatic heterocycles. The third-order valence-electron chi connectivity index (χ3n) is 2.86. The molecule has 0 radical (unpaired) electrons. The summed E-state index contributed by atoms with van der Waals surface area (Å²) in [7, 11) is 0. The second kappa shape index (κ2) is 5.35. The number of aromatic nitrogens is 1. The maximum Gasteiger partial charge on any atom is 0.257 e. The van der Waals surface area contributed by atoms with E-state index in [-0.39, 0.29) is 11.9 Å². The lowest BCUT2D eigenvalue weighted by Gasteiger charge is -2.15. The second-order valence-electron chi connectivity index (χ2n) is 4.15. The SMILES string of the molecule is CC[C@H](NC(=O)c1c(C)noc1C)c1cccs1. The van der Waals surface area contributed by atoms with Crippen LogP contribution in [0.1, 0.15) is 46.1 Å². The zero-order chi connectivity index (χ0) is 13.1. The quantitative estimate of drug-likeness (QED) is 0.922. The summed E-state index contributed by atoms with van der Waals surface area (Å²) in [6, 6.07) is 4.07. The Balaban J connectivity index is 2.16. The molecule has 1 amide bonds. The van der Waals surface area contributed by atoms with Crippen LogP contribution in [0.4, 0.5) is 0 Å². The molecule has 0 saturated heterocycles. The number of carbonyl (C=O) groups excluding carboxylic acids is 1. The van der Waals surface area contributed by atoms with Crippen LogP contribution in [0.2, 0.25) is 0 Å². The Morgan fingerprint density at radius 3 is 2.83 bits per heavy atom. The van der Waals surface area contributed by atoms with Crippen molar-refractivity contribution in [2.24, 2.45) is 0 Å². The fraction of sp³-hybridized carbons (Fsp3) is 0.385. The van der Waals surface area contributed by atoms with E-state index in [9.17, 15) is 4.79 Å². The van der Waals surface area contributed by atoms with Crippen molar-refractivity contribution >= 4 is 17.2 Å². The summed E-state index contributed by atoms with van der Waals surface area (Å²) in [5.41, 5.74) is 1.18. The van der Waals surface area contributed by atoms with Gasteiger partial charge in [0.05, 0.1) is 11.7 Å². The van der Waals surface area contributed by atoms with Crippen LogP contribution < -0.4 is 5.32 Å². The third-order valence-corrected chi connectivity index (χ3v) is 3.85. The maximum atomic E-state index is 12.2. The van der Waals surface area contributed by atoms with Crippen LogP contribution in [0.25, 0.3) is 0 Å². The average molecular weight is 264 g/mol. The van der Waals surface area contributed by atoms with Gasteiger partial charge in [-0.05, 0) is 31.7 Å². The minimum Gasteiger partial charge on any atom is -0.361 e. The third kappa shape index (κ3) is 2.46. The van der Waals surface area contributed by atoms with Crippen molar-refractivity contribution in [1.82, 2.24) is 10.5 Å². The standard InChI is InChI=1S/C13H16N2O2S/c1-4-10(11-6-5-7-18-11)14-13(16)12-8(2)15-17-9(12)3/h5-7,10H,4H2,1-3H3,(H,14,16)/t10-/m0/s1. The number of nitrogens with one attached hydrogen (secondary N) is 1. The Kier molecular flexibility index (Phi) is 3.81. The fourth-order valence-electron chi connectivity index (χ4n) is 1.90. The molecule has 96 valence electrons. The van der Waals surface area contributed by atoms with Gasteiger partial charge < -0.3 is 9.84 Å². The summed E-state index contributed by atoms with van der Waals surface area (Å²) in [4.78, 5) is 13.4. The van der Waals surface area contributed by atoms with E-state index in [1.165, 1.54) is 0 Å². The molecular weight excluding hydrogens is 248 g/mol. The van der Waals surface area contributed by atoms with Gasteiger partial charge in [-0.3, -0.25) is 4.79 Å². The number of rotatable bonds is 4. The van der Waals surface area contributed by atoms with E-state index in [0.717, 1.165) is 11.3 Å². The van der Waals surface area contributed by atoms with Crippen LogP contribution in [-0.2, 0) is 0 Å².